The highest BCUT2D eigenvalue weighted by Crippen LogP contribution is 2.32. The van der Waals surface area contributed by atoms with E-state index in [1.807, 2.05) is 4.57 Å². The standard InChI is InChI=1S/C13H16Cl2N6/c1-2-3-16-12-9(14)6-10(15)13(18-12)20-4-5-21-8-17-19-11(21)7-20/h6,8H,2-5,7H2,1H3,(H,16,18). The van der Waals surface area contributed by atoms with Crippen LogP contribution in [0.15, 0.2) is 12.4 Å². The molecule has 0 atom stereocenters. The highest BCUT2D eigenvalue weighted by atomic mass is 35.5. The van der Waals surface area contributed by atoms with Crippen molar-refractivity contribution in [3.63, 3.8) is 0 Å². The second-order valence-corrected chi connectivity index (χ2v) is 5.73. The number of nitrogens with one attached hydrogen (secondary N) is 1. The van der Waals surface area contributed by atoms with E-state index in [1.165, 1.54) is 0 Å². The topological polar surface area (TPSA) is 58.9 Å². The predicted molar refractivity (Wildman–Crippen MR) is 84.1 cm³/mol. The van der Waals surface area contributed by atoms with Gasteiger partial charge in [0.1, 0.15) is 18.0 Å². The summed E-state index contributed by atoms with van der Waals surface area (Å²) in [6.07, 6.45) is 2.75. The first kappa shape index (κ1) is 14.4. The lowest BCUT2D eigenvalue weighted by Crippen LogP contribution is -2.34. The van der Waals surface area contributed by atoms with Crippen molar-refractivity contribution in [2.24, 2.45) is 0 Å². The van der Waals surface area contributed by atoms with Gasteiger partial charge in [0.2, 0.25) is 0 Å². The molecule has 0 unspecified atom stereocenters. The van der Waals surface area contributed by atoms with E-state index in [2.05, 4.69) is 32.3 Å². The molecule has 2 aromatic rings. The van der Waals surface area contributed by atoms with Crippen molar-refractivity contribution < 1.29 is 0 Å². The fourth-order valence-corrected chi connectivity index (χ4v) is 2.84. The first-order valence-electron chi connectivity index (χ1n) is 6.90. The third kappa shape index (κ3) is 2.91. The Morgan fingerprint density at radius 1 is 1.29 bits per heavy atom. The Morgan fingerprint density at radius 3 is 2.95 bits per heavy atom. The van der Waals surface area contributed by atoms with E-state index in [0.29, 0.717) is 22.4 Å². The number of anilines is 2. The summed E-state index contributed by atoms with van der Waals surface area (Å²) in [7, 11) is 0. The summed E-state index contributed by atoms with van der Waals surface area (Å²) in [4.78, 5) is 6.68. The molecule has 2 aromatic heterocycles. The van der Waals surface area contributed by atoms with Crippen molar-refractivity contribution in [2.45, 2.75) is 26.4 Å². The van der Waals surface area contributed by atoms with Crippen LogP contribution in [0.1, 0.15) is 19.2 Å². The van der Waals surface area contributed by atoms with Crippen LogP contribution in [0.5, 0.6) is 0 Å². The summed E-state index contributed by atoms with van der Waals surface area (Å²) in [6, 6.07) is 1.74. The van der Waals surface area contributed by atoms with Gasteiger partial charge in [-0.25, -0.2) is 4.98 Å². The average molecular weight is 327 g/mol. The molecule has 1 aliphatic heterocycles. The van der Waals surface area contributed by atoms with E-state index < -0.39 is 0 Å². The Morgan fingerprint density at radius 2 is 2.14 bits per heavy atom. The minimum absolute atomic E-state index is 0.539. The van der Waals surface area contributed by atoms with Crippen molar-refractivity contribution >= 4 is 34.8 Å². The summed E-state index contributed by atoms with van der Waals surface area (Å²) in [5, 5.41) is 12.3. The molecule has 0 bridgehead atoms. The zero-order chi connectivity index (χ0) is 14.8. The largest absolute Gasteiger partial charge is 0.369 e. The fraction of sp³-hybridized carbons (Fsp3) is 0.462. The molecular weight excluding hydrogens is 311 g/mol. The Labute approximate surface area is 133 Å². The molecule has 0 amide bonds. The van der Waals surface area contributed by atoms with Crippen molar-refractivity contribution in [2.75, 3.05) is 23.3 Å². The maximum atomic E-state index is 6.31. The number of fused-ring (bicyclic) bond motifs is 1. The molecule has 0 aliphatic carbocycles. The number of rotatable bonds is 4. The number of pyridine rings is 1. The van der Waals surface area contributed by atoms with Crippen LogP contribution in [-0.4, -0.2) is 32.8 Å². The van der Waals surface area contributed by atoms with E-state index in [-0.39, 0.29) is 0 Å². The van der Waals surface area contributed by atoms with Crippen LogP contribution in [0.3, 0.4) is 0 Å². The SMILES string of the molecule is CCCNc1nc(N2CCn3cnnc3C2)c(Cl)cc1Cl. The molecule has 0 spiro atoms. The van der Waals surface area contributed by atoms with Crippen LogP contribution in [0.25, 0.3) is 0 Å². The Kier molecular flexibility index (Phi) is 4.17. The van der Waals surface area contributed by atoms with Gasteiger partial charge in [-0.2, -0.15) is 0 Å². The quantitative estimate of drug-likeness (QED) is 0.936. The number of hydrogen-bond donors (Lipinski definition) is 1. The van der Waals surface area contributed by atoms with Gasteiger partial charge in [0.15, 0.2) is 5.82 Å². The van der Waals surface area contributed by atoms with Gasteiger partial charge in [-0.05, 0) is 12.5 Å². The van der Waals surface area contributed by atoms with E-state index in [9.17, 15) is 0 Å². The molecule has 0 radical (unpaired) electrons. The smallest absolute Gasteiger partial charge is 0.152 e. The first-order chi connectivity index (χ1) is 10.2. The van der Waals surface area contributed by atoms with Crippen LogP contribution in [0.2, 0.25) is 10.0 Å². The summed E-state index contributed by atoms with van der Waals surface area (Å²) in [5.41, 5.74) is 0. The molecule has 1 N–H and O–H groups in total. The number of nitrogens with zero attached hydrogens (tertiary/aromatic N) is 5. The van der Waals surface area contributed by atoms with Crippen molar-refractivity contribution in [1.29, 1.82) is 0 Å². The van der Waals surface area contributed by atoms with E-state index >= 15 is 0 Å². The third-order valence-corrected chi connectivity index (χ3v) is 3.96. The van der Waals surface area contributed by atoms with Gasteiger partial charge in [-0.15, -0.1) is 10.2 Å². The number of aromatic nitrogens is 4. The number of halogens is 2. The lowest BCUT2D eigenvalue weighted by Gasteiger charge is -2.29. The molecule has 1 aliphatic rings. The normalized spacial score (nSPS) is 14.1. The zero-order valence-electron chi connectivity index (χ0n) is 11.7. The summed E-state index contributed by atoms with van der Waals surface area (Å²) in [6.45, 7) is 5.19. The molecule has 8 heteroatoms. The van der Waals surface area contributed by atoms with Crippen LogP contribution >= 0.6 is 23.2 Å². The second kappa shape index (κ2) is 6.07. The molecule has 6 nitrogen and oxygen atoms in total. The molecule has 0 fully saturated rings. The number of hydrogen-bond acceptors (Lipinski definition) is 5. The van der Waals surface area contributed by atoms with Gasteiger partial charge in [-0.1, -0.05) is 30.1 Å². The van der Waals surface area contributed by atoms with Gasteiger partial charge >= 0.3 is 0 Å². The Hall–Kier alpha value is -1.53. The van der Waals surface area contributed by atoms with E-state index in [1.54, 1.807) is 12.4 Å². The van der Waals surface area contributed by atoms with Gasteiger partial charge in [0.05, 0.1) is 16.6 Å². The van der Waals surface area contributed by atoms with E-state index in [0.717, 1.165) is 37.7 Å². The van der Waals surface area contributed by atoms with Gasteiger partial charge in [0.25, 0.3) is 0 Å². The highest BCUT2D eigenvalue weighted by molar-refractivity contribution is 6.37. The van der Waals surface area contributed by atoms with E-state index in [4.69, 9.17) is 23.2 Å². The molecule has 0 saturated carbocycles. The molecule has 0 saturated heterocycles. The zero-order valence-corrected chi connectivity index (χ0v) is 13.2. The lowest BCUT2D eigenvalue weighted by molar-refractivity contribution is 0.556. The average Bonchev–Trinajstić information content (AvgIpc) is 2.94. The van der Waals surface area contributed by atoms with Crippen LogP contribution in [0, 0.1) is 0 Å². The monoisotopic (exact) mass is 326 g/mol. The van der Waals surface area contributed by atoms with Gasteiger partial charge in [0, 0.05) is 19.6 Å². The van der Waals surface area contributed by atoms with Crippen LogP contribution in [-0.2, 0) is 13.1 Å². The predicted octanol–water partition coefficient (Wildman–Crippen LogP) is 2.82. The summed E-state index contributed by atoms with van der Waals surface area (Å²) in [5.74, 6) is 2.32. The van der Waals surface area contributed by atoms with Crippen molar-refractivity contribution in [3.8, 4) is 0 Å². The minimum Gasteiger partial charge on any atom is -0.369 e. The molecule has 3 rings (SSSR count). The molecule has 112 valence electrons. The minimum atomic E-state index is 0.539. The van der Waals surface area contributed by atoms with Crippen LogP contribution < -0.4 is 10.2 Å². The molecular formula is C13H16Cl2N6. The Balaban J connectivity index is 1.88. The summed E-state index contributed by atoms with van der Waals surface area (Å²) < 4.78 is 2.04. The molecule has 21 heavy (non-hydrogen) atoms. The van der Waals surface area contributed by atoms with Gasteiger partial charge < -0.3 is 14.8 Å². The fourth-order valence-electron chi connectivity index (χ4n) is 2.29. The summed E-state index contributed by atoms with van der Waals surface area (Å²) >= 11 is 12.5. The Bertz CT molecular complexity index is 642. The van der Waals surface area contributed by atoms with Crippen LogP contribution in [0.4, 0.5) is 11.6 Å². The second-order valence-electron chi connectivity index (χ2n) is 4.91. The highest BCUT2D eigenvalue weighted by Gasteiger charge is 2.22. The molecule has 3 heterocycles. The molecule has 0 aromatic carbocycles. The maximum absolute atomic E-state index is 6.31. The maximum Gasteiger partial charge on any atom is 0.152 e. The third-order valence-electron chi connectivity index (χ3n) is 3.39. The lowest BCUT2D eigenvalue weighted by atomic mass is 10.3. The van der Waals surface area contributed by atoms with Crippen molar-refractivity contribution in [1.82, 2.24) is 19.7 Å². The van der Waals surface area contributed by atoms with Crippen molar-refractivity contribution in [3.05, 3.63) is 28.3 Å². The first-order valence-corrected chi connectivity index (χ1v) is 7.66. The van der Waals surface area contributed by atoms with Gasteiger partial charge in [-0.3, -0.25) is 0 Å².